The maximum atomic E-state index is 11.9. The first-order valence-electron chi connectivity index (χ1n) is 10.6. The number of carboxylic acid groups (broad SMARTS) is 1. The van der Waals surface area contributed by atoms with Gasteiger partial charge < -0.3 is 9.52 Å². The number of carboxylic acids is 1. The molecule has 1 heterocycles. The number of para-hydroxylation sites is 1. The van der Waals surface area contributed by atoms with Crippen LogP contribution in [-0.4, -0.2) is 11.1 Å². The lowest BCUT2D eigenvalue weighted by Gasteiger charge is -2.04. The van der Waals surface area contributed by atoms with Crippen molar-refractivity contribution in [2.75, 3.05) is 0 Å². The molecule has 176 valence electrons. The molecule has 5 rings (SSSR count). The van der Waals surface area contributed by atoms with Gasteiger partial charge in [0, 0.05) is 24.1 Å². The minimum absolute atomic E-state index is 0.00861. The Bertz CT molecular complexity index is 1460. The van der Waals surface area contributed by atoms with E-state index in [0.29, 0.717) is 26.8 Å². The SMILES string of the molecule is CC(=O)O.Clc1cccc(-c2ccccc2)c1Cl.O=c1cc(-c2ccccc2)oc2ccccc12. The highest BCUT2D eigenvalue weighted by molar-refractivity contribution is 6.43. The fourth-order valence-electron chi connectivity index (χ4n) is 3.19. The molecule has 0 fully saturated rings. The van der Waals surface area contributed by atoms with E-state index in [1.807, 2.05) is 91.0 Å². The van der Waals surface area contributed by atoms with Crippen molar-refractivity contribution in [2.24, 2.45) is 0 Å². The molecule has 0 aliphatic carbocycles. The third-order valence-electron chi connectivity index (χ3n) is 4.73. The molecule has 6 heteroatoms. The van der Waals surface area contributed by atoms with E-state index >= 15 is 0 Å². The van der Waals surface area contributed by atoms with Crippen LogP contribution < -0.4 is 5.43 Å². The molecule has 1 N–H and O–H groups in total. The molecule has 35 heavy (non-hydrogen) atoms. The van der Waals surface area contributed by atoms with Crippen LogP contribution in [0.25, 0.3) is 33.4 Å². The summed E-state index contributed by atoms with van der Waals surface area (Å²) in [5.74, 6) is -0.227. The van der Waals surface area contributed by atoms with E-state index in [-0.39, 0.29) is 5.43 Å². The Hall–Kier alpha value is -3.86. The summed E-state index contributed by atoms with van der Waals surface area (Å²) in [5.41, 5.74) is 3.58. The lowest BCUT2D eigenvalue weighted by atomic mass is 10.1. The predicted octanol–water partition coefficient (Wildman–Crippen LogP) is 8.21. The van der Waals surface area contributed by atoms with Gasteiger partial charge in [0.05, 0.1) is 15.4 Å². The van der Waals surface area contributed by atoms with Crippen molar-refractivity contribution >= 4 is 40.1 Å². The number of aliphatic carboxylic acids is 1. The molecular formula is C29H22Cl2O4. The van der Waals surface area contributed by atoms with E-state index in [9.17, 15) is 4.79 Å². The van der Waals surface area contributed by atoms with Gasteiger partial charge >= 0.3 is 0 Å². The van der Waals surface area contributed by atoms with Crippen LogP contribution >= 0.6 is 23.2 Å². The van der Waals surface area contributed by atoms with E-state index in [1.54, 1.807) is 12.1 Å². The highest BCUT2D eigenvalue weighted by Gasteiger charge is 2.06. The van der Waals surface area contributed by atoms with E-state index in [1.165, 1.54) is 6.07 Å². The zero-order chi connectivity index (χ0) is 25.2. The van der Waals surface area contributed by atoms with Crippen LogP contribution in [0, 0.1) is 0 Å². The Balaban J connectivity index is 0.000000173. The zero-order valence-corrected chi connectivity index (χ0v) is 20.3. The summed E-state index contributed by atoms with van der Waals surface area (Å²) < 4.78 is 5.73. The number of carbonyl (C=O) groups is 1. The maximum Gasteiger partial charge on any atom is 0.300 e. The molecular weight excluding hydrogens is 483 g/mol. The normalized spacial score (nSPS) is 9.91. The van der Waals surface area contributed by atoms with Crippen LogP contribution in [0.4, 0.5) is 0 Å². The first-order chi connectivity index (χ1) is 16.9. The van der Waals surface area contributed by atoms with Crippen molar-refractivity contribution in [3.8, 4) is 22.5 Å². The van der Waals surface area contributed by atoms with Crippen molar-refractivity contribution in [1.82, 2.24) is 0 Å². The molecule has 4 nitrogen and oxygen atoms in total. The topological polar surface area (TPSA) is 67.5 Å². The van der Waals surface area contributed by atoms with E-state index in [2.05, 4.69) is 0 Å². The molecule has 0 aliphatic rings. The first-order valence-corrected chi connectivity index (χ1v) is 11.4. The van der Waals surface area contributed by atoms with Gasteiger partial charge in [0.15, 0.2) is 5.43 Å². The van der Waals surface area contributed by atoms with Gasteiger partial charge in [-0.15, -0.1) is 0 Å². The van der Waals surface area contributed by atoms with Crippen LogP contribution in [0.15, 0.2) is 118 Å². The number of hydrogen-bond donors (Lipinski definition) is 1. The summed E-state index contributed by atoms with van der Waals surface area (Å²) in [7, 11) is 0. The second-order valence-corrected chi connectivity index (χ2v) is 8.11. The van der Waals surface area contributed by atoms with Gasteiger partial charge in [0.1, 0.15) is 11.3 Å². The summed E-state index contributed by atoms with van der Waals surface area (Å²) >= 11 is 12.0. The second kappa shape index (κ2) is 12.6. The van der Waals surface area contributed by atoms with Gasteiger partial charge in [-0.1, -0.05) is 108 Å². The van der Waals surface area contributed by atoms with E-state index in [4.69, 9.17) is 37.5 Å². The molecule has 5 aromatic rings. The van der Waals surface area contributed by atoms with Crippen molar-refractivity contribution in [3.05, 3.63) is 129 Å². The van der Waals surface area contributed by atoms with Gasteiger partial charge in [-0.3, -0.25) is 9.59 Å². The van der Waals surface area contributed by atoms with Gasteiger partial charge in [-0.25, -0.2) is 0 Å². The molecule has 0 saturated carbocycles. The standard InChI is InChI=1S/C15H10O2.C12H8Cl2.C2H4O2/c16-13-10-15(11-6-2-1-3-7-11)17-14-9-5-4-8-12(13)14;13-11-8-4-7-10(12(11)14)9-5-2-1-3-6-9;1-2(3)4/h1-10H;1-8H;1H3,(H,3,4). The maximum absolute atomic E-state index is 11.9. The van der Waals surface area contributed by atoms with Crippen LogP contribution in [-0.2, 0) is 4.79 Å². The van der Waals surface area contributed by atoms with Crippen molar-refractivity contribution in [1.29, 1.82) is 0 Å². The van der Waals surface area contributed by atoms with Gasteiger partial charge in [-0.05, 0) is 23.8 Å². The minimum atomic E-state index is -0.833. The van der Waals surface area contributed by atoms with Gasteiger partial charge in [0.2, 0.25) is 0 Å². The number of benzene rings is 4. The van der Waals surface area contributed by atoms with Gasteiger partial charge in [-0.2, -0.15) is 0 Å². The summed E-state index contributed by atoms with van der Waals surface area (Å²) in [6, 6.07) is 34.0. The average Bonchev–Trinajstić information content (AvgIpc) is 2.87. The quantitative estimate of drug-likeness (QED) is 0.263. The Morgan fingerprint density at radius 3 is 1.91 bits per heavy atom. The molecule has 0 spiro atoms. The van der Waals surface area contributed by atoms with E-state index < -0.39 is 5.97 Å². The van der Waals surface area contributed by atoms with E-state index in [0.717, 1.165) is 23.6 Å². The van der Waals surface area contributed by atoms with Crippen LogP contribution in [0.2, 0.25) is 10.0 Å². The molecule has 0 saturated heterocycles. The zero-order valence-electron chi connectivity index (χ0n) is 18.8. The molecule has 0 aliphatic heterocycles. The van der Waals surface area contributed by atoms with Gasteiger partial charge in [0.25, 0.3) is 5.97 Å². The molecule has 4 aromatic carbocycles. The van der Waals surface area contributed by atoms with Crippen LogP contribution in [0.3, 0.4) is 0 Å². The van der Waals surface area contributed by atoms with Crippen molar-refractivity contribution in [2.45, 2.75) is 6.92 Å². The minimum Gasteiger partial charge on any atom is -0.481 e. The Morgan fingerprint density at radius 2 is 1.29 bits per heavy atom. The highest BCUT2D eigenvalue weighted by atomic mass is 35.5. The smallest absolute Gasteiger partial charge is 0.300 e. The molecule has 0 radical (unpaired) electrons. The molecule has 0 bridgehead atoms. The third-order valence-corrected chi connectivity index (χ3v) is 5.55. The third kappa shape index (κ3) is 7.31. The fourth-order valence-corrected chi connectivity index (χ4v) is 3.60. The lowest BCUT2D eigenvalue weighted by molar-refractivity contribution is -0.134. The van der Waals surface area contributed by atoms with Crippen molar-refractivity contribution < 1.29 is 14.3 Å². The first kappa shape index (κ1) is 25.8. The molecule has 0 amide bonds. The van der Waals surface area contributed by atoms with Crippen LogP contribution in [0.1, 0.15) is 6.92 Å². The summed E-state index contributed by atoms with van der Waals surface area (Å²) in [6.45, 7) is 1.08. The Kier molecular flexibility index (Phi) is 9.24. The number of hydrogen-bond acceptors (Lipinski definition) is 3. The highest BCUT2D eigenvalue weighted by Crippen LogP contribution is 2.33. The van der Waals surface area contributed by atoms with Crippen molar-refractivity contribution in [3.63, 3.8) is 0 Å². The monoisotopic (exact) mass is 504 g/mol. The second-order valence-electron chi connectivity index (χ2n) is 7.32. The predicted molar refractivity (Wildman–Crippen MR) is 143 cm³/mol. The summed E-state index contributed by atoms with van der Waals surface area (Å²) in [5, 5.41) is 9.24. The molecule has 0 atom stereocenters. The lowest BCUT2D eigenvalue weighted by Crippen LogP contribution is -1.99. The number of rotatable bonds is 2. The summed E-state index contributed by atoms with van der Waals surface area (Å²) in [6.07, 6.45) is 0. The molecule has 1 aromatic heterocycles. The Labute approximate surface area is 213 Å². The largest absolute Gasteiger partial charge is 0.481 e. The Morgan fingerprint density at radius 1 is 0.743 bits per heavy atom. The number of fused-ring (bicyclic) bond motifs is 1. The average molecular weight is 505 g/mol. The fraction of sp³-hybridized carbons (Fsp3) is 0.0345. The van der Waals surface area contributed by atoms with Crippen LogP contribution in [0.5, 0.6) is 0 Å². The molecule has 0 unspecified atom stereocenters. The number of halogens is 2. The summed E-state index contributed by atoms with van der Waals surface area (Å²) in [4.78, 5) is 20.9.